The molecule has 0 saturated heterocycles. The number of halogens is 1. The van der Waals surface area contributed by atoms with Crippen LogP contribution in [0, 0.1) is 5.82 Å². The van der Waals surface area contributed by atoms with Crippen LogP contribution >= 0.6 is 0 Å². The quantitative estimate of drug-likeness (QED) is 0.498. The summed E-state index contributed by atoms with van der Waals surface area (Å²) in [5, 5.41) is 11.7. The van der Waals surface area contributed by atoms with E-state index >= 15 is 0 Å². The summed E-state index contributed by atoms with van der Waals surface area (Å²) < 4.78 is 18.8. The lowest BCUT2D eigenvalue weighted by Gasteiger charge is -2.11. The van der Waals surface area contributed by atoms with Gasteiger partial charge in [0.2, 0.25) is 0 Å². The molecule has 0 aliphatic heterocycles. The Morgan fingerprint density at radius 3 is 2.84 bits per heavy atom. The van der Waals surface area contributed by atoms with Gasteiger partial charge in [-0.25, -0.2) is 9.18 Å². The molecule has 0 aromatic heterocycles. The molecule has 0 unspecified atom stereocenters. The molecule has 0 saturated carbocycles. The fraction of sp³-hybridized carbons (Fsp3) is 0.462. The number of carbonyl (C=O) groups is 1. The fourth-order valence-corrected chi connectivity index (χ4v) is 1.51. The van der Waals surface area contributed by atoms with Crippen LogP contribution in [0.1, 0.15) is 30.1 Å². The second kappa shape index (κ2) is 7.58. The van der Waals surface area contributed by atoms with Crippen LogP contribution in [0.5, 0.6) is 0 Å². The highest BCUT2D eigenvalue weighted by atomic mass is 19.1. The summed E-state index contributed by atoms with van der Waals surface area (Å²) >= 11 is 0. The average Bonchev–Trinajstić information content (AvgIpc) is 2.36. The first-order valence-corrected chi connectivity index (χ1v) is 6.20. The highest BCUT2D eigenvalue weighted by molar-refractivity contribution is 5.90. The topological polar surface area (TPSA) is 84.6 Å². The van der Waals surface area contributed by atoms with Gasteiger partial charge < -0.3 is 20.9 Å². The number of nitrogens with one attached hydrogen (secondary N) is 1. The lowest BCUT2D eigenvalue weighted by Crippen LogP contribution is -2.12. The van der Waals surface area contributed by atoms with Gasteiger partial charge in [-0.05, 0) is 18.6 Å². The molecule has 0 aliphatic carbocycles. The second-order valence-electron chi connectivity index (χ2n) is 4.12. The average molecular weight is 270 g/mol. The molecule has 1 rings (SSSR count). The van der Waals surface area contributed by atoms with Gasteiger partial charge >= 0.3 is 5.97 Å². The number of ether oxygens (including phenoxy) is 1. The van der Waals surface area contributed by atoms with Crippen molar-refractivity contribution >= 4 is 17.3 Å². The zero-order valence-corrected chi connectivity index (χ0v) is 10.9. The van der Waals surface area contributed by atoms with Gasteiger partial charge in [-0.3, -0.25) is 0 Å². The van der Waals surface area contributed by atoms with Crippen LogP contribution in [-0.2, 0) is 4.74 Å². The number of hydrogen-bond donors (Lipinski definition) is 3. The molecule has 0 atom stereocenters. The maximum Gasteiger partial charge on any atom is 0.338 e. The Balaban J connectivity index is 2.50. The third-order valence-electron chi connectivity index (χ3n) is 2.57. The van der Waals surface area contributed by atoms with Crippen molar-refractivity contribution < 1.29 is 19.0 Å². The molecule has 0 amide bonds. The van der Waals surface area contributed by atoms with Crippen molar-refractivity contribution in [2.75, 3.05) is 30.8 Å². The molecule has 19 heavy (non-hydrogen) atoms. The monoisotopic (exact) mass is 270 g/mol. The molecule has 0 spiro atoms. The van der Waals surface area contributed by atoms with Crippen LogP contribution in [0.15, 0.2) is 12.1 Å². The van der Waals surface area contributed by atoms with Gasteiger partial charge in [0.1, 0.15) is 5.82 Å². The zero-order chi connectivity index (χ0) is 14.3. The Kier molecular flexibility index (Phi) is 6.08. The molecule has 0 bridgehead atoms. The molecule has 4 N–H and O–H groups in total. The molecular formula is C13H19FN2O3. The highest BCUT2D eigenvalue weighted by Crippen LogP contribution is 2.22. The molecule has 0 aliphatic rings. The van der Waals surface area contributed by atoms with Gasteiger partial charge in [-0.15, -0.1) is 0 Å². The summed E-state index contributed by atoms with van der Waals surface area (Å²) in [6.45, 7) is 3.75. The first kappa shape index (κ1) is 15.2. The first-order chi connectivity index (χ1) is 9.06. The maximum atomic E-state index is 13.4. The number of unbranched alkanes of at least 4 members (excludes halogenated alkanes) is 1. The Hall–Kier alpha value is -1.82. The van der Waals surface area contributed by atoms with E-state index in [2.05, 4.69) is 12.2 Å². The number of hydrogen-bond acceptors (Lipinski definition) is 4. The summed E-state index contributed by atoms with van der Waals surface area (Å²) in [6, 6.07) is 2.20. The number of anilines is 2. The number of benzene rings is 1. The van der Waals surface area contributed by atoms with Gasteiger partial charge in [0.05, 0.1) is 23.5 Å². The highest BCUT2D eigenvalue weighted by Gasteiger charge is 2.13. The molecule has 6 heteroatoms. The summed E-state index contributed by atoms with van der Waals surface area (Å²) in [6.07, 6.45) is 2.08. The predicted molar refractivity (Wildman–Crippen MR) is 72.0 cm³/mol. The minimum absolute atomic E-state index is 0.201. The predicted octanol–water partition coefficient (Wildman–Crippen LogP) is 2.33. The van der Waals surface area contributed by atoms with Crippen molar-refractivity contribution in [3.63, 3.8) is 0 Å². The van der Waals surface area contributed by atoms with E-state index in [-0.39, 0.29) is 5.69 Å². The summed E-state index contributed by atoms with van der Waals surface area (Å²) in [4.78, 5) is 10.7. The first-order valence-electron chi connectivity index (χ1n) is 6.20. The van der Waals surface area contributed by atoms with Gasteiger partial charge in [-0.1, -0.05) is 13.3 Å². The van der Waals surface area contributed by atoms with Gasteiger partial charge in [0, 0.05) is 13.2 Å². The molecule has 1 aromatic rings. The summed E-state index contributed by atoms with van der Waals surface area (Å²) in [5.74, 6) is -2.14. The second-order valence-corrected chi connectivity index (χ2v) is 4.12. The van der Waals surface area contributed by atoms with Crippen LogP contribution in [0.2, 0.25) is 0 Å². The lowest BCUT2D eigenvalue weighted by atomic mass is 10.1. The molecule has 0 radical (unpaired) electrons. The zero-order valence-electron chi connectivity index (χ0n) is 10.9. The standard InChI is InChI=1S/C13H19FN2O3/c1-2-3-5-19-6-4-16-12-8-10(14)9(13(17)18)7-11(12)15/h7-8,16H,2-6,15H2,1H3,(H,17,18). The molecule has 1 aromatic carbocycles. The van der Waals surface area contributed by atoms with Crippen molar-refractivity contribution in [1.29, 1.82) is 0 Å². The Morgan fingerprint density at radius 2 is 2.21 bits per heavy atom. The Morgan fingerprint density at radius 1 is 1.47 bits per heavy atom. The third kappa shape index (κ3) is 4.75. The van der Waals surface area contributed by atoms with Crippen molar-refractivity contribution in [1.82, 2.24) is 0 Å². The van der Waals surface area contributed by atoms with E-state index in [1.807, 2.05) is 0 Å². The van der Waals surface area contributed by atoms with Gasteiger partial charge in [0.15, 0.2) is 0 Å². The molecule has 0 fully saturated rings. The van der Waals surface area contributed by atoms with Gasteiger partial charge in [0.25, 0.3) is 0 Å². The van der Waals surface area contributed by atoms with Crippen LogP contribution in [-0.4, -0.2) is 30.8 Å². The van der Waals surface area contributed by atoms with Crippen molar-refractivity contribution in [3.05, 3.63) is 23.5 Å². The minimum atomic E-state index is -1.33. The Bertz CT molecular complexity index is 438. The minimum Gasteiger partial charge on any atom is -0.478 e. The Labute approximate surface area is 111 Å². The maximum absolute atomic E-state index is 13.4. The lowest BCUT2D eigenvalue weighted by molar-refractivity contribution is 0.0692. The van der Waals surface area contributed by atoms with E-state index in [1.165, 1.54) is 0 Å². The number of nitrogen functional groups attached to an aromatic ring is 1. The van der Waals surface area contributed by atoms with Crippen molar-refractivity contribution in [2.24, 2.45) is 0 Å². The van der Waals surface area contributed by atoms with Crippen LogP contribution < -0.4 is 11.1 Å². The summed E-state index contributed by atoms with van der Waals surface area (Å²) in [7, 11) is 0. The van der Waals surface area contributed by atoms with E-state index in [1.54, 1.807) is 0 Å². The largest absolute Gasteiger partial charge is 0.478 e. The normalized spacial score (nSPS) is 10.4. The number of aromatic carboxylic acids is 1. The molecular weight excluding hydrogens is 251 g/mol. The smallest absolute Gasteiger partial charge is 0.338 e. The van der Waals surface area contributed by atoms with Crippen LogP contribution in [0.25, 0.3) is 0 Å². The fourth-order valence-electron chi connectivity index (χ4n) is 1.51. The van der Waals surface area contributed by atoms with Crippen molar-refractivity contribution in [2.45, 2.75) is 19.8 Å². The third-order valence-corrected chi connectivity index (χ3v) is 2.57. The summed E-state index contributed by atoms with van der Waals surface area (Å²) in [5.41, 5.74) is 5.81. The number of carboxylic acids is 1. The van der Waals surface area contributed by atoms with Crippen LogP contribution in [0.4, 0.5) is 15.8 Å². The molecule has 0 heterocycles. The van der Waals surface area contributed by atoms with E-state index in [9.17, 15) is 9.18 Å². The molecule has 106 valence electrons. The van der Waals surface area contributed by atoms with Gasteiger partial charge in [-0.2, -0.15) is 0 Å². The van der Waals surface area contributed by atoms with Crippen LogP contribution in [0.3, 0.4) is 0 Å². The molecule has 5 nitrogen and oxygen atoms in total. The number of nitrogens with two attached hydrogens (primary N) is 1. The number of rotatable bonds is 8. The number of carboxylic acid groups (broad SMARTS) is 1. The van der Waals surface area contributed by atoms with E-state index in [0.29, 0.717) is 25.4 Å². The van der Waals surface area contributed by atoms with Crippen molar-refractivity contribution in [3.8, 4) is 0 Å². The van der Waals surface area contributed by atoms with E-state index in [4.69, 9.17) is 15.6 Å². The SMILES string of the molecule is CCCCOCCNc1cc(F)c(C(=O)O)cc1N. The van der Waals surface area contributed by atoms with E-state index in [0.717, 1.165) is 25.0 Å². The van der Waals surface area contributed by atoms with E-state index < -0.39 is 17.3 Å².